The van der Waals surface area contributed by atoms with Gasteiger partial charge in [0, 0.05) is 11.5 Å². The van der Waals surface area contributed by atoms with Crippen LogP contribution >= 0.6 is 0 Å². The van der Waals surface area contributed by atoms with Crippen molar-refractivity contribution < 1.29 is 24.3 Å². The molecule has 0 bridgehead atoms. The molecule has 4 aliphatic rings. The number of anilines is 2. The van der Waals surface area contributed by atoms with Gasteiger partial charge in [0.1, 0.15) is 5.75 Å². The predicted octanol–water partition coefficient (Wildman–Crippen LogP) is 6.20. The van der Waals surface area contributed by atoms with Gasteiger partial charge in [-0.25, -0.2) is 0 Å². The number of hydrogen-bond acceptors (Lipinski definition) is 6. The number of benzene rings is 4. The second-order valence-electron chi connectivity index (χ2n) is 13.5. The largest absolute Gasteiger partial charge is 0.507 e. The number of hydrogen-bond donors (Lipinski definition) is 2. The number of fused-ring (bicyclic) bond motifs is 4. The maximum atomic E-state index is 15.2. The van der Waals surface area contributed by atoms with Crippen LogP contribution in [0.3, 0.4) is 0 Å². The van der Waals surface area contributed by atoms with E-state index < -0.39 is 46.8 Å². The van der Waals surface area contributed by atoms with E-state index in [0.717, 1.165) is 16.1 Å². The lowest BCUT2D eigenvalue weighted by atomic mass is 9.49. The van der Waals surface area contributed by atoms with Gasteiger partial charge in [0.25, 0.3) is 11.8 Å². The molecule has 4 aromatic rings. The Labute approximate surface area is 278 Å². The summed E-state index contributed by atoms with van der Waals surface area (Å²) >= 11 is 0. The van der Waals surface area contributed by atoms with Crippen LogP contribution in [0.2, 0.25) is 0 Å². The first-order chi connectivity index (χ1) is 23.2. The number of phenolic OH excluding ortho intramolecular Hbond substituents is 1. The third-order valence-electron chi connectivity index (χ3n) is 11.0. The van der Waals surface area contributed by atoms with Gasteiger partial charge in [-0.05, 0) is 68.0 Å². The maximum Gasteiger partial charge on any atom is 0.260 e. The molecule has 2 saturated heterocycles. The molecule has 48 heavy (non-hydrogen) atoms. The summed E-state index contributed by atoms with van der Waals surface area (Å²) in [6.45, 7) is 3.77. The zero-order chi connectivity index (χ0) is 33.3. The second kappa shape index (κ2) is 11.0. The number of allylic oxidation sites excluding steroid dienone is 2. The number of phenols is 1. The molecule has 6 unspecified atom stereocenters. The molecule has 2 aliphatic heterocycles. The fourth-order valence-corrected chi connectivity index (χ4v) is 8.84. The number of imide groups is 2. The first-order valence-electron chi connectivity index (χ1n) is 16.4. The number of amides is 4. The van der Waals surface area contributed by atoms with Crippen molar-refractivity contribution in [3.8, 4) is 5.75 Å². The Morgan fingerprint density at radius 3 is 2.15 bits per heavy atom. The van der Waals surface area contributed by atoms with Crippen LogP contribution in [0, 0.1) is 37.5 Å². The van der Waals surface area contributed by atoms with Crippen LogP contribution in [0.5, 0.6) is 5.75 Å². The summed E-state index contributed by atoms with van der Waals surface area (Å²) in [7, 11) is 0. The SMILES string of the molecule is Cc1ccc(NN2C(=O)C3CC4C(=CCC5C(=O)N(c6ccccc6)C(=O)C54)C(c4cccc(C)c4O)C3(c3ccccc3)C2=O)cc1. The maximum absolute atomic E-state index is 15.2. The zero-order valence-electron chi connectivity index (χ0n) is 26.7. The highest BCUT2D eigenvalue weighted by molar-refractivity contribution is 6.22. The summed E-state index contributed by atoms with van der Waals surface area (Å²) in [5, 5.41) is 12.8. The normalized spacial score (nSPS) is 27.8. The van der Waals surface area contributed by atoms with Crippen molar-refractivity contribution in [1.29, 1.82) is 0 Å². The Balaban J connectivity index is 1.34. The molecular formula is C40H35N3O5. The van der Waals surface area contributed by atoms with Gasteiger partial charge in [-0.1, -0.05) is 96.1 Å². The Morgan fingerprint density at radius 2 is 1.44 bits per heavy atom. The number of para-hydroxylation sites is 2. The third-order valence-corrected chi connectivity index (χ3v) is 11.0. The topological polar surface area (TPSA) is 107 Å². The predicted molar refractivity (Wildman–Crippen MR) is 181 cm³/mol. The first kappa shape index (κ1) is 29.9. The monoisotopic (exact) mass is 637 g/mol. The molecule has 8 heteroatoms. The van der Waals surface area contributed by atoms with Crippen molar-refractivity contribution in [2.45, 2.75) is 38.0 Å². The van der Waals surface area contributed by atoms with Crippen LogP contribution in [-0.2, 0) is 24.6 Å². The molecule has 4 aromatic carbocycles. The number of nitrogens with zero attached hydrogens (tertiary/aromatic N) is 2. The molecule has 2 N–H and O–H groups in total. The summed E-state index contributed by atoms with van der Waals surface area (Å²) in [5.41, 5.74) is 6.46. The van der Waals surface area contributed by atoms with Crippen molar-refractivity contribution in [2.24, 2.45) is 23.7 Å². The summed E-state index contributed by atoms with van der Waals surface area (Å²) in [4.78, 5) is 59.4. The molecule has 8 rings (SSSR count). The van der Waals surface area contributed by atoms with E-state index in [9.17, 15) is 19.5 Å². The molecular weight excluding hydrogens is 602 g/mol. The van der Waals surface area contributed by atoms with Gasteiger partial charge in [-0.15, -0.1) is 0 Å². The fraction of sp³-hybridized carbons (Fsp3) is 0.250. The zero-order valence-corrected chi connectivity index (χ0v) is 26.7. The number of rotatable bonds is 5. The lowest BCUT2D eigenvalue weighted by molar-refractivity contribution is -0.138. The van der Waals surface area contributed by atoms with Crippen LogP contribution in [0.4, 0.5) is 11.4 Å². The summed E-state index contributed by atoms with van der Waals surface area (Å²) in [5.74, 6) is -4.78. The highest BCUT2D eigenvalue weighted by atomic mass is 16.3. The van der Waals surface area contributed by atoms with E-state index in [1.54, 1.807) is 37.3 Å². The molecule has 8 nitrogen and oxygen atoms in total. The Morgan fingerprint density at radius 1 is 0.750 bits per heavy atom. The Bertz CT molecular complexity index is 2010. The van der Waals surface area contributed by atoms with Gasteiger partial charge >= 0.3 is 0 Å². The van der Waals surface area contributed by atoms with Crippen LogP contribution in [-0.4, -0.2) is 33.7 Å². The van der Waals surface area contributed by atoms with E-state index in [1.165, 1.54) is 4.90 Å². The minimum Gasteiger partial charge on any atom is -0.507 e. The fourth-order valence-electron chi connectivity index (χ4n) is 8.84. The van der Waals surface area contributed by atoms with Crippen LogP contribution in [0.1, 0.15) is 41.0 Å². The Hall–Kier alpha value is -5.50. The molecule has 0 aromatic heterocycles. The average molecular weight is 638 g/mol. The van der Waals surface area contributed by atoms with Crippen molar-refractivity contribution in [2.75, 3.05) is 10.3 Å². The third kappa shape index (κ3) is 4.14. The summed E-state index contributed by atoms with van der Waals surface area (Å²) in [6, 6.07) is 31.2. The van der Waals surface area contributed by atoms with Crippen molar-refractivity contribution in [1.82, 2.24) is 5.01 Å². The number of carbonyl (C=O) groups excluding carboxylic acids is 4. The molecule has 6 atom stereocenters. The van der Waals surface area contributed by atoms with E-state index in [0.29, 0.717) is 34.5 Å². The molecule has 4 amide bonds. The number of carbonyl (C=O) groups is 4. The van der Waals surface area contributed by atoms with Crippen molar-refractivity contribution in [3.63, 3.8) is 0 Å². The molecule has 240 valence electrons. The Kier molecular flexibility index (Phi) is 6.87. The van der Waals surface area contributed by atoms with E-state index in [-0.39, 0.29) is 24.0 Å². The number of aromatic hydroxyl groups is 1. The summed E-state index contributed by atoms with van der Waals surface area (Å²) < 4.78 is 0. The van der Waals surface area contributed by atoms with Gasteiger partial charge in [0.15, 0.2) is 0 Å². The van der Waals surface area contributed by atoms with Crippen LogP contribution in [0.15, 0.2) is 115 Å². The van der Waals surface area contributed by atoms with E-state index >= 15 is 4.79 Å². The van der Waals surface area contributed by atoms with Gasteiger partial charge < -0.3 is 5.11 Å². The smallest absolute Gasteiger partial charge is 0.260 e. The molecule has 2 heterocycles. The van der Waals surface area contributed by atoms with Gasteiger partial charge in [-0.2, -0.15) is 5.01 Å². The number of hydrazine groups is 1. The highest BCUT2D eigenvalue weighted by Gasteiger charge is 2.70. The minimum absolute atomic E-state index is 0.0464. The average Bonchev–Trinajstić information content (AvgIpc) is 3.48. The van der Waals surface area contributed by atoms with Gasteiger partial charge in [0.2, 0.25) is 11.8 Å². The minimum atomic E-state index is -1.43. The first-order valence-corrected chi connectivity index (χ1v) is 16.4. The van der Waals surface area contributed by atoms with E-state index in [2.05, 4.69) is 5.43 Å². The lowest BCUT2D eigenvalue weighted by Crippen LogP contribution is -2.53. The molecule has 1 saturated carbocycles. The van der Waals surface area contributed by atoms with Crippen LogP contribution in [0.25, 0.3) is 0 Å². The second-order valence-corrected chi connectivity index (χ2v) is 13.5. The standard InChI is InChI=1S/C40H35N3O5/c1-23-16-18-26(19-17-23)41-43-37(46)32-22-31-28(20-21-29-33(31)38(47)42(36(29)45)27-13-7-4-8-14-27)34(30-15-9-10-24(2)35(30)44)40(32,39(43)48)25-11-5-3-6-12-25/h3-20,29,31-34,41,44H,21-22H2,1-2H3. The molecule has 2 aliphatic carbocycles. The van der Waals surface area contributed by atoms with Gasteiger partial charge in [-0.3, -0.25) is 29.5 Å². The number of aryl methyl sites for hydroxylation is 2. The quantitative estimate of drug-likeness (QED) is 0.200. The highest BCUT2D eigenvalue weighted by Crippen LogP contribution is 2.65. The van der Waals surface area contributed by atoms with E-state index in [4.69, 9.17) is 0 Å². The van der Waals surface area contributed by atoms with Gasteiger partial charge in [0.05, 0.1) is 34.5 Å². The van der Waals surface area contributed by atoms with Crippen LogP contribution < -0.4 is 10.3 Å². The lowest BCUT2D eigenvalue weighted by Gasteiger charge is -2.50. The van der Waals surface area contributed by atoms with E-state index in [1.807, 2.05) is 85.8 Å². The van der Waals surface area contributed by atoms with Crippen molar-refractivity contribution in [3.05, 3.63) is 137 Å². The molecule has 0 spiro atoms. The number of nitrogens with one attached hydrogen (secondary N) is 1. The molecule has 3 fully saturated rings. The van der Waals surface area contributed by atoms with Crippen molar-refractivity contribution >= 4 is 35.0 Å². The summed E-state index contributed by atoms with van der Waals surface area (Å²) in [6.07, 6.45) is 2.52. The molecule has 0 radical (unpaired) electrons.